The highest BCUT2D eigenvalue weighted by Crippen LogP contribution is 2.31. The van der Waals surface area contributed by atoms with Crippen molar-refractivity contribution in [2.45, 2.75) is 37.5 Å². The molecule has 0 amide bonds. The molecule has 0 radical (unpaired) electrons. The van der Waals surface area contributed by atoms with Crippen molar-refractivity contribution in [2.75, 3.05) is 18.4 Å². The number of rotatable bonds is 3. The van der Waals surface area contributed by atoms with Gasteiger partial charge in [0.25, 0.3) is 0 Å². The zero-order chi connectivity index (χ0) is 14.3. The van der Waals surface area contributed by atoms with Crippen LogP contribution in [0.3, 0.4) is 0 Å². The van der Waals surface area contributed by atoms with Crippen LogP contribution >= 0.6 is 11.6 Å². The molecular weight excluding hydrogens is 293 g/mol. The van der Waals surface area contributed by atoms with Gasteiger partial charge in [0.2, 0.25) is 5.82 Å². The van der Waals surface area contributed by atoms with Crippen molar-refractivity contribution in [3.05, 3.63) is 17.0 Å². The van der Waals surface area contributed by atoms with Crippen molar-refractivity contribution in [3.63, 3.8) is 0 Å². The van der Waals surface area contributed by atoms with E-state index in [0.29, 0.717) is 6.04 Å². The number of halogens is 4. The lowest BCUT2D eigenvalue weighted by Gasteiger charge is -2.16. The molecule has 20 heavy (non-hydrogen) atoms. The van der Waals surface area contributed by atoms with E-state index in [-0.39, 0.29) is 17.0 Å². The molecule has 110 valence electrons. The number of anilines is 1. The molecule has 1 aromatic rings. The third-order valence-corrected chi connectivity index (χ3v) is 3.78. The quantitative estimate of drug-likeness (QED) is 0.872. The van der Waals surface area contributed by atoms with Gasteiger partial charge < -0.3 is 5.32 Å². The largest absolute Gasteiger partial charge is 0.451 e. The van der Waals surface area contributed by atoms with Gasteiger partial charge in [0, 0.05) is 31.2 Å². The van der Waals surface area contributed by atoms with Crippen LogP contribution in [-0.4, -0.2) is 40.0 Å². The number of alkyl halides is 3. The lowest BCUT2D eigenvalue weighted by Crippen LogP contribution is -2.28. The van der Waals surface area contributed by atoms with Crippen molar-refractivity contribution < 1.29 is 13.2 Å². The van der Waals surface area contributed by atoms with Crippen LogP contribution in [0.4, 0.5) is 19.0 Å². The van der Waals surface area contributed by atoms with Crippen molar-refractivity contribution in [1.82, 2.24) is 14.9 Å². The number of nitrogens with zero attached hydrogens (tertiary/aromatic N) is 3. The maximum atomic E-state index is 12.6. The third kappa shape index (κ3) is 3.15. The number of hydrogen-bond acceptors (Lipinski definition) is 4. The van der Waals surface area contributed by atoms with E-state index in [0.717, 1.165) is 19.5 Å². The fourth-order valence-electron chi connectivity index (χ4n) is 2.50. The Morgan fingerprint density at radius 1 is 1.25 bits per heavy atom. The molecule has 8 heteroatoms. The van der Waals surface area contributed by atoms with E-state index in [1.165, 1.54) is 18.9 Å². The lowest BCUT2D eigenvalue weighted by molar-refractivity contribution is -0.144. The number of nitrogens with one attached hydrogen (secondary N) is 1. The van der Waals surface area contributed by atoms with E-state index in [2.05, 4.69) is 20.2 Å². The Labute approximate surface area is 119 Å². The van der Waals surface area contributed by atoms with Gasteiger partial charge in [-0.2, -0.15) is 13.2 Å². The predicted octanol–water partition coefficient (Wildman–Crippen LogP) is 2.80. The first-order chi connectivity index (χ1) is 9.41. The number of hydrogen-bond donors (Lipinski definition) is 1. The average Bonchev–Trinajstić information content (AvgIpc) is 3.09. The molecule has 1 aliphatic carbocycles. The summed E-state index contributed by atoms with van der Waals surface area (Å²) in [6.45, 7) is 1.82. The van der Waals surface area contributed by atoms with Crippen LogP contribution in [0.5, 0.6) is 0 Å². The van der Waals surface area contributed by atoms with E-state index in [4.69, 9.17) is 11.6 Å². The van der Waals surface area contributed by atoms with Gasteiger partial charge in [0.1, 0.15) is 11.0 Å². The second-order valence-corrected chi connectivity index (χ2v) is 5.64. The Kier molecular flexibility index (Phi) is 3.50. The Balaban J connectivity index is 1.69. The van der Waals surface area contributed by atoms with E-state index < -0.39 is 12.0 Å². The first-order valence-electron chi connectivity index (χ1n) is 6.54. The molecule has 2 fully saturated rings. The highest BCUT2D eigenvalue weighted by molar-refractivity contribution is 6.29. The van der Waals surface area contributed by atoms with Crippen LogP contribution < -0.4 is 5.32 Å². The zero-order valence-corrected chi connectivity index (χ0v) is 11.4. The Bertz CT molecular complexity index is 504. The Morgan fingerprint density at radius 2 is 2.00 bits per heavy atom. The molecule has 0 bridgehead atoms. The summed E-state index contributed by atoms with van der Waals surface area (Å²) in [6.07, 6.45) is -1.23. The second-order valence-electron chi connectivity index (χ2n) is 5.25. The summed E-state index contributed by atoms with van der Waals surface area (Å²) < 4.78 is 37.9. The average molecular weight is 307 g/mol. The first kappa shape index (κ1) is 13.9. The molecule has 1 aromatic heterocycles. The van der Waals surface area contributed by atoms with Gasteiger partial charge in [-0.15, -0.1) is 0 Å². The highest BCUT2D eigenvalue weighted by Gasteiger charge is 2.37. The molecule has 4 nitrogen and oxygen atoms in total. The van der Waals surface area contributed by atoms with Crippen molar-refractivity contribution in [2.24, 2.45) is 0 Å². The van der Waals surface area contributed by atoms with Crippen LogP contribution in [0.15, 0.2) is 6.07 Å². The van der Waals surface area contributed by atoms with Gasteiger partial charge in [-0.1, -0.05) is 11.6 Å². The van der Waals surface area contributed by atoms with Gasteiger partial charge in [-0.25, -0.2) is 9.97 Å². The van der Waals surface area contributed by atoms with E-state index in [1.807, 2.05) is 0 Å². The van der Waals surface area contributed by atoms with Crippen LogP contribution in [0, 0.1) is 0 Å². The summed E-state index contributed by atoms with van der Waals surface area (Å²) in [5.74, 6) is -1.07. The fraction of sp³-hybridized carbons (Fsp3) is 0.667. The molecule has 2 heterocycles. The lowest BCUT2D eigenvalue weighted by atomic mass is 10.2. The molecule has 1 atom stereocenters. The zero-order valence-electron chi connectivity index (χ0n) is 10.6. The smallest absolute Gasteiger partial charge is 0.366 e. The molecule has 3 rings (SSSR count). The summed E-state index contributed by atoms with van der Waals surface area (Å²) in [5, 5.41) is 2.83. The molecule has 1 saturated heterocycles. The van der Waals surface area contributed by atoms with E-state index >= 15 is 0 Å². The Morgan fingerprint density at radius 3 is 2.65 bits per heavy atom. The Hall–Kier alpha value is -1.08. The highest BCUT2D eigenvalue weighted by atomic mass is 35.5. The minimum Gasteiger partial charge on any atom is -0.366 e. The normalized spacial score (nSPS) is 24.1. The van der Waals surface area contributed by atoms with E-state index in [9.17, 15) is 13.2 Å². The van der Waals surface area contributed by atoms with Gasteiger partial charge >= 0.3 is 6.18 Å². The summed E-state index contributed by atoms with van der Waals surface area (Å²) in [4.78, 5) is 9.08. The van der Waals surface area contributed by atoms with Crippen LogP contribution in [0.25, 0.3) is 0 Å². The van der Waals surface area contributed by atoms with Gasteiger partial charge in [0.05, 0.1) is 0 Å². The molecule has 1 aliphatic heterocycles. The standard InChI is InChI=1S/C12H14ClF3N4/c13-9-5-10(19-11(18-9)12(14,15)16)17-7-3-4-20(6-7)8-1-2-8/h5,7-8H,1-4,6H2,(H,17,18,19). The maximum Gasteiger partial charge on any atom is 0.451 e. The molecule has 1 unspecified atom stereocenters. The molecule has 1 saturated carbocycles. The number of aromatic nitrogens is 2. The molecule has 2 aliphatic rings. The van der Waals surface area contributed by atoms with Crippen molar-refractivity contribution in [3.8, 4) is 0 Å². The third-order valence-electron chi connectivity index (χ3n) is 3.58. The first-order valence-corrected chi connectivity index (χ1v) is 6.92. The SMILES string of the molecule is FC(F)(F)c1nc(Cl)cc(NC2CCN(C3CC3)C2)n1. The number of likely N-dealkylation sites (tertiary alicyclic amines) is 1. The minimum atomic E-state index is -4.59. The summed E-state index contributed by atoms with van der Waals surface area (Å²) >= 11 is 5.63. The van der Waals surface area contributed by atoms with Crippen LogP contribution in [0.1, 0.15) is 25.1 Å². The van der Waals surface area contributed by atoms with Crippen molar-refractivity contribution in [1.29, 1.82) is 0 Å². The van der Waals surface area contributed by atoms with Crippen LogP contribution in [0.2, 0.25) is 5.15 Å². The van der Waals surface area contributed by atoms with Gasteiger partial charge in [0.15, 0.2) is 0 Å². The summed E-state index contributed by atoms with van der Waals surface area (Å²) in [6, 6.07) is 2.11. The minimum absolute atomic E-state index is 0.114. The molecule has 1 N–H and O–H groups in total. The van der Waals surface area contributed by atoms with Gasteiger partial charge in [-0.3, -0.25) is 4.90 Å². The predicted molar refractivity (Wildman–Crippen MR) is 68.7 cm³/mol. The topological polar surface area (TPSA) is 41.1 Å². The van der Waals surface area contributed by atoms with Gasteiger partial charge in [-0.05, 0) is 19.3 Å². The summed E-state index contributed by atoms with van der Waals surface area (Å²) in [5.41, 5.74) is 0. The monoisotopic (exact) mass is 306 g/mol. The molecule has 0 aromatic carbocycles. The van der Waals surface area contributed by atoms with E-state index in [1.54, 1.807) is 0 Å². The summed E-state index contributed by atoms with van der Waals surface area (Å²) in [7, 11) is 0. The molecule has 0 spiro atoms. The maximum absolute atomic E-state index is 12.6. The van der Waals surface area contributed by atoms with Crippen molar-refractivity contribution >= 4 is 17.4 Å². The second kappa shape index (κ2) is 5.04. The molecular formula is C12H14ClF3N4. The van der Waals surface area contributed by atoms with Crippen LogP contribution in [-0.2, 0) is 6.18 Å². The fourth-order valence-corrected chi connectivity index (χ4v) is 2.69.